The van der Waals surface area contributed by atoms with Crippen molar-refractivity contribution in [1.29, 1.82) is 5.41 Å². The van der Waals surface area contributed by atoms with Crippen molar-refractivity contribution in [2.24, 2.45) is 29.2 Å². The van der Waals surface area contributed by atoms with Crippen LogP contribution in [-0.2, 0) is 28.8 Å². The maximum absolute atomic E-state index is 13.8. The quantitative estimate of drug-likeness (QED) is 0.0462. The van der Waals surface area contributed by atoms with Crippen molar-refractivity contribution < 1.29 is 33.9 Å². The molecule has 0 aliphatic carbocycles. The molecule has 0 aromatic rings. The predicted molar refractivity (Wildman–Crippen MR) is 181 cm³/mol. The zero-order chi connectivity index (χ0) is 36.7. The van der Waals surface area contributed by atoms with E-state index in [1.54, 1.807) is 0 Å². The monoisotopic (exact) mass is 681 g/mol. The van der Waals surface area contributed by atoms with Gasteiger partial charge in [0.15, 0.2) is 5.96 Å². The molecule has 48 heavy (non-hydrogen) atoms. The van der Waals surface area contributed by atoms with Crippen LogP contribution in [0.5, 0.6) is 0 Å². The zero-order valence-corrected chi connectivity index (χ0v) is 29.6. The van der Waals surface area contributed by atoms with Gasteiger partial charge < -0.3 is 48.1 Å². The van der Waals surface area contributed by atoms with Gasteiger partial charge in [0.1, 0.15) is 30.2 Å². The van der Waals surface area contributed by atoms with Crippen LogP contribution in [0.15, 0.2) is 0 Å². The molecule has 0 bridgehead atoms. The molecule has 1 saturated heterocycles. The molecule has 6 atom stereocenters. The van der Waals surface area contributed by atoms with E-state index in [-0.39, 0.29) is 49.6 Å². The summed E-state index contributed by atoms with van der Waals surface area (Å²) in [7, 11) is 0. The van der Waals surface area contributed by atoms with Crippen molar-refractivity contribution in [1.82, 2.24) is 31.5 Å². The number of carbonyl (C=O) groups is 6. The molecule has 0 saturated carbocycles. The molecule has 1 rings (SSSR count). The van der Waals surface area contributed by atoms with Gasteiger partial charge in [-0.3, -0.25) is 29.4 Å². The van der Waals surface area contributed by atoms with Gasteiger partial charge >= 0.3 is 5.97 Å². The summed E-state index contributed by atoms with van der Waals surface area (Å²) in [5.41, 5.74) is 11.2. The Morgan fingerprint density at radius 1 is 0.792 bits per heavy atom. The third-order valence-corrected chi connectivity index (χ3v) is 7.91. The van der Waals surface area contributed by atoms with Crippen LogP contribution in [0.4, 0.5) is 0 Å². The van der Waals surface area contributed by atoms with Crippen molar-refractivity contribution in [2.45, 2.75) is 130 Å². The molecule has 0 spiro atoms. The molecule has 5 amide bonds. The first-order valence-corrected chi connectivity index (χ1v) is 16.9. The van der Waals surface area contributed by atoms with E-state index in [9.17, 15) is 33.9 Å². The van der Waals surface area contributed by atoms with Gasteiger partial charge in [-0.2, -0.15) is 0 Å². The molecule has 0 radical (unpaired) electrons. The van der Waals surface area contributed by atoms with E-state index in [1.807, 2.05) is 41.5 Å². The van der Waals surface area contributed by atoms with E-state index in [1.165, 1.54) is 11.8 Å². The molecular weight excluding hydrogens is 622 g/mol. The summed E-state index contributed by atoms with van der Waals surface area (Å²) in [4.78, 5) is 79.6. The number of guanidine groups is 1. The average Bonchev–Trinajstić information content (AvgIpc) is 3.46. The minimum Gasteiger partial charge on any atom is -0.480 e. The number of aliphatic carboxylic acids is 1. The number of nitrogens with zero attached hydrogens (tertiary/aromatic N) is 1. The summed E-state index contributed by atoms with van der Waals surface area (Å²) in [5, 5.41) is 30.1. The maximum atomic E-state index is 13.8. The molecule has 0 aromatic carbocycles. The second-order valence-corrected chi connectivity index (χ2v) is 13.9. The number of carboxylic acid groups (broad SMARTS) is 1. The Hall–Kier alpha value is -3.95. The number of hydrogen-bond donors (Lipinski definition) is 9. The van der Waals surface area contributed by atoms with Gasteiger partial charge in [-0.15, -0.1) is 0 Å². The lowest BCUT2D eigenvalue weighted by molar-refractivity contribution is -0.144. The van der Waals surface area contributed by atoms with E-state index >= 15 is 0 Å². The predicted octanol–water partition coefficient (Wildman–Crippen LogP) is -0.250. The van der Waals surface area contributed by atoms with Gasteiger partial charge in [0, 0.05) is 13.1 Å². The van der Waals surface area contributed by atoms with Gasteiger partial charge in [0.25, 0.3) is 0 Å². The topological polar surface area (TPSA) is 262 Å². The highest BCUT2D eigenvalue weighted by Crippen LogP contribution is 2.21. The molecule has 1 fully saturated rings. The normalized spacial score (nSPS) is 17.6. The lowest BCUT2D eigenvalue weighted by Crippen LogP contribution is -2.59. The largest absolute Gasteiger partial charge is 0.480 e. The van der Waals surface area contributed by atoms with Crippen molar-refractivity contribution in [2.75, 3.05) is 13.1 Å². The highest BCUT2D eigenvalue weighted by atomic mass is 16.4. The van der Waals surface area contributed by atoms with E-state index in [2.05, 4.69) is 26.6 Å². The van der Waals surface area contributed by atoms with Crippen molar-refractivity contribution >= 4 is 41.5 Å². The SMILES string of the molecule is CC(C)C[C@H](NC(=O)[C@@H]1CCCN1C(=O)[C@H](CC(C)C)NC(=O)[C@H](C)NC(=O)[C@@H](N)CC(C)C)C(=O)N[C@@H](CCCNC(=N)N)C(=O)O. The van der Waals surface area contributed by atoms with Crippen molar-refractivity contribution in [3.63, 3.8) is 0 Å². The van der Waals surface area contributed by atoms with Gasteiger partial charge in [-0.25, -0.2) is 4.79 Å². The first kappa shape index (κ1) is 42.1. The summed E-state index contributed by atoms with van der Waals surface area (Å²) < 4.78 is 0. The van der Waals surface area contributed by atoms with E-state index < -0.39 is 71.8 Å². The Kier molecular flexibility index (Phi) is 17.9. The summed E-state index contributed by atoms with van der Waals surface area (Å²) in [5.74, 6) is -3.98. The lowest BCUT2D eigenvalue weighted by Gasteiger charge is -2.31. The van der Waals surface area contributed by atoms with Crippen LogP contribution in [-0.4, -0.2) is 101 Å². The Morgan fingerprint density at radius 3 is 1.90 bits per heavy atom. The molecule has 1 heterocycles. The Labute approximate surface area is 284 Å². The van der Waals surface area contributed by atoms with Crippen LogP contribution in [0, 0.1) is 23.2 Å². The Morgan fingerprint density at radius 2 is 1.35 bits per heavy atom. The first-order chi connectivity index (χ1) is 22.3. The van der Waals surface area contributed by atoms with Crippen molar-refractivity contribution in [3.8, 4) is 0 Å². The molecule has 274 valence electrons. The number of carboxylic acids is 1. The number of nitrogens with one attached hydrogen (secondary N) is 6. The lowest BCUT2D eigenvalue weighted by atomic mass is 10.0. The number of amides is 5. The Balaban J connectivity index is 3.03. The van der Waals surface area contributed by atoms with Crippen LogP contribution < -0.4 is 38.1 Å². The Bertz CT molecular complexity index is 1130. The zero-order valence-electron chi connectivity index (χ0n) is 29.6. The molecule has 16 heteroatoms. The average molecular weight is 682 g/mol. The molecule has 11 N–H and O–H groups in total. The highest BCUT2D eigenvalue weighted by molar-refractivity contribution is 5.96. The fourth-order valence-electron chi connectivity index (χ4n) is 5.52. The number of nitrogens with two attached hydrogens (primary N) is 2. The number of likely N-dealkylation sites (tertiary alicyclic amines) is 1. The van der Waals surface area contributed by atoms with Gasteiger partial charge in [0.05, 0.1) is 6.04 Å². The number of hydrogen-bond acceptors (Lipinski definition) is 8. The standard InChI is InChI=1S/C32H59N9O7/c1-17(2)14-21(33)27(43)37-20(7)26(42)40-24(16-19(5)6)30(46)41-13-9-11-25(41)29(45)39-23(15-18(3)4)28(44)38-22(31(47)48)10-8-12-36-32(34)35/h17-25H,8-16,33H2,1-7H3,(H,37,43)(H,38,44)(H,39,45)(H,40,42)(H,47,48)(H4,34,35,36)/t20-,21-,22-,23-,24-,25-/m0/s1. The summed E-state index contributed by atoms with van der Waals surface area (Å²) in [6.45, 7) is 13.4. The molecular formula is C32H59N9O7. The first-order valence-electron chi connectivity index (χ1n) is 16.9. The van der Waals surface area contributed by atoms with Crippen LogP contribution in [0.2, 0.25) is 0 Å². The second kappa shape index (κ2) is 20.4. The molecule has 1 aliphatic rings. The maximum Gasteiger partial charge on any atom is 0.326 e. The van der Waals surface area contributed by atoms with Gasteiger partial charge in [-0.05, 0) is 69.6 Å². The number of rotatable bonds is 20. The summed E-state index contributed by atoms with van der Waals surface area (Å²) in [6, 6.07) is -5.86. The fourth-order valence-corrected chi connectivity index (χ4v) is 5.52. The van der Waals surface area contributed by atoms with Gasteiger partial charge in [0.2, 0.25) is 29.5 Å². The van der Waals surface area contributed by atoms with Crippen molar-refractivity contribution in [3.05, 3.63) is 0 Å². The van der Waals surface area contributed by atoms with Crippen LogP contribution in [0.1, 0.15) is 93.4 Å². The van der Waals surface area contributed by atoms with Crippen LogP contribution >= 0.6 is 0 Å². The highest BCUT2D eigenvalue weighted by Gasteiger charge is 2.40. The van der Waals surface area contributed by atoms with E-state index in [0.717, 1.165) is 0 Å². The molecule has 0 unspecified atom stereocenters. The number of carbonyl (C=O) groups excluding carboxylic acids is 5. The summed E-state index contributed by atoms with van der Waals surface area (Å²) >= 11 is 0. The second-order valence-electron chi connectivity index (χ2n) is 13.9. The fraction of sp³-hybridized carbons (Fsp3) is 0.781. The minimum atomic E-state index is -1.24. The van der Waals surface area contributed by atoms with E-state index in [0.29, 0.717) is 32.1 Å². The van der Waals surface area contributed by atoms with Gasteiger partial charge in [-0.1, -0.05) is 41.5 Å². The smallest absolute Gasteiger partial charge is 0.326 e. The minimum absolute atomic E-state index is 0.0121. The molecule has 0 aromatic heterocycles. The van der Waals surface area contributed by atoms with Crippen LogP contribution in [0.3, 0.4) is 0 Å². The summed E-state index contributed by atoms with van der Waals surface area (Å²) in [6.07, 6.45) is 2.24. The van der Waals surface area contributed by atoms with Crippen LogP contribution in [0.25, 0.3) is 0 Å². The molecule has 16 nitrogen and oxygen atoms in total. The molecule has 1 aliphatic heterocycles. The third kappa shape index (κ3) is 14.9. The third-order valence-electron chi connectivity index (χ3n) is 7.91. The van der Waals surface area contributed by atoms with E-state index in [4.69, 9.17) is 16.9 Å².